The van der Waals surface area contributed by atoms with Crippen molar-refractivity contribution in [1.29, 1.82) is 0 Å². The monoisotopic (exact) mass is 703 g/mol. The van der Waals surface area contributed by atoms with Crippen molar-refractivity contribution in [1.82, 2.24) is 15.2 Å². The van der Waals surface area contributed by atoms with E-state index in [-0.39, 0.29) is 37.8 Å². The molecule has 1 aliphatic rings. The normalized spacial score (nSPS) is 18.3. The number of halogens is 1. The summed E-state index contributed by atoms with van der Waals surface area (Å²) in [5, 5.41) is 24.8. The highest BCUT2D eigenvalue weighted by atomic mass is 127. The molecule has 0 fully saturated rings. The van der Waals surface area contributed by atoms with E-state index < -0.39 is 24.2 Å². The Morgan fingerprint density at radius 2 is 2.00 bits per heavy atom. The van der Waals surface area contributed by atoms with Crippen molar-refractivity contribution in [2.45, 2.75) is 51.4 Å². The van der Waals surface area contributed by atoms with Crippen LogP contribution >= 0.6 is 22.6 Å². The van der Waals surface area contributed by atoms with Crippen LogP contribution in [-0.2, 0) is 16.0 Å². The van der Waals surface area contributed by atoms with E-state index in [0.717, 1.165) is 16.6 Å². The molecule has 0 bridgehead atoms. The first kappa shape index (κ1) is 32.5. The van der Waals surface area contributed by atoms with E-state index in [1.165, 1.54) is 13.2 Å². The van der Waals surface area contributed by atoms with Crippen molar-refractivity contribution < 1.29 is 34.1 Å². The third kappa shape index (κ3) is 7.95. The van der Waals surface area contributed by atoms with Crippen LogP contribution < -0.4 is 14.8 Å². The quantitative estimate of drug-likeness (QED) is 0.158. The second kappa shape index (κ2) is 14.8. The number of amides is 2. The lowest BCUT2D eigenvalue weighted by Gasteiger charge is -2.41. The fraction of sp³-hybridized carbons (Fsp3) is 0.406. The van der Waals surface area contributed by atoms with Crippen LogP contribution in [0.3, 0.4) is 0 Å². The Morgan fingerprint density at radius 3 is 2.67 bits per heavy atom. The number of rotatable bonds is 13. The van der Waals surface area contributed by atoms with Gasteiger partial charge in [0.05, 0.1) is 23.3 Å². The molecule has 0 radical (unpaired) electrons. The molecule has 3 aromatic rings. The second-order valence-corrected chi connectivity index (χ2v) is 12.1. The first-order chi connectivity index (χ1) is 20.6. The van der Waals surface area contributed by atoms with Gasteiger partial charge in [-0.05, 0) is 64.2 Å². The average Bonchev–Trinajstić information content (AvgIpc) is 3.40. The average molecular weight is 704 g/mol. The second-order valence-electron chi connectivity index (χ2n) is 11.0. The third-order valence-corrected chi connectivity index (χ3v) is 8.17. The van der Waals surface area contributed by atoms with Crippen molar-refractivity contribution in [2.75, 3.05) is 26.8 Å². The van der Waals surface area contributed by atoms with Gasteiger partial charge in [-0.25, -0.2) is 0 Å². The van der Waals surface area contributed by atoms with Crippen LogP contribution in [0.15, 0.2) is 54.1 Å². The van der Waals surface area contributed by atoms with E-state index in [2.05, 4.69) is 16.4 Å². The van der Waals surface area contributed by atoms with Gasteiger partial charge in [0.2, 0.25) is 11.8 Å². The first-order valence-electron chi connectivity index (χ1n) is 14.3. The van der Waals surface area contributed by atoms with Gasteiger partial charge in [0.25, 0.3) is 0 Å². The molecule has 4 N–H and O–H groups in total. The van der Waals surface area contributed by atoms with Gasteiger partial charge in [-0.2, -0.15) is 0 Å². The summed E-state index contributed by atoms with van der Waals surface area (Å²) >= 11 is 2.03. The number of H-pyrrole nitrogens is 1. The maximum Gasteiger partial charge on any atom is 0.247 e. The number of nitrogens with zero attached hydrogens (tertiary/aromatic N) is 1. The lowest BCUT2D eigenvalue weighted by molar-refractivity contribution is -0.139. The number of carbonyl (C=O) groups is 3. The number of aromatic amines is 1. The Hall–Kier alpha value is -3.42. The van der Waals surface area contributed by atoms with Crippen LogP contribution in [0.1, 0.15) is 42.7 Å². The smallest absolute Gasteiger partial charge is 0.247 e. The summed E-state index contributed by atoms with van der Waals surface area (Å²) in [5.74, 6) is 0.149. The Labute approximate surface area is 264 Å². The molecule has 230 valence electrons. The molecule has 4 rings (SSSR count). The molecule has 2 aromatic carbocycles. The zero-order valence-electron chi connectivity index (χ0n) is 24.5. The Bertz CT molecular complexity index is 1450. The van der Waals surface area contributed by atoms with Crippen molar-refractivity contribution >= 4 is 51.6 Å². The van der Waals surface area contributed by atoms with E-state index in [1.807, 2.05) is 60.7 Å². The molecule has 0 spiro atoms. The number of fused-ring (bicyclic) bond motifs is 1. The molecule has 0 aliphatic heterocycles. The highest BCUT2D eigenvalue weighted by Crippen LogP contribution is 2.37. The summed E-state index contributed by atoms with van der Waals surface area (Å²) in [7, 11) is 1.45. The van der Waals surface area contributed by atoms with Gasteiger partial charge in [0.15, 0.2) is 11.5 Å². The summed E-state index contributed by atoms with van der Waals surface area (Å²) in [6.07, 6.45) is 0.958. The van der Waals surface area contributed by atoms with Crippen LogP contribution in [-0.4, -0.2) is 83.3 Å². The number of para-hydroxylation sites is 1. The molecule has 3 atom stereocenters. The molecule has 0 saturated carbocycles. The fourth-order valence-corrected chi connectivity index (χ4v) is 6.04. The number of aliphatic hydroxyl groups is 2. The number of aldehydes is 1. The largest absolute Gasteiger partial charge is 0.493 e. The third-order valence-electron chi connectivity index (χ3n) is 7.37. The number of ether oxygens (including phenoxy) is 2. The van der Waals surface area contributed by atoms with Gasteiger partial charge in [-0.1, -0.05) is 32.0 Å². The number of hydrogen-bond acceptors (Lipinski definition) is 7. The maximum absolute atomic E-state index is 13.7. The van der Waals surface area contributed by atoms with E-state index in [0.29, 0.717) is 45.5 Å². The fourth-order valence-electron chi connectivity index (χ4n) is 5.29. The van der Waals surface area contributed by atoms with Gasteiger partial charge in [0, 0.05) is 54.7 Å². The Kier molecular flexibility index (Phi) is 11.2. The minimum Gasteiger partial charge on any atom is -0.493 e. The number of aliphatic hydroxyl groups excluding tert-OH is 2. The van der Waals surface area contributed by atoms with Gasteiger partial charge in [-0.15, -0.1) is 0 Å². The topological polar surface area (TPSA) is 141 Å². The lowest BCUT2D eigenvalue weighted by Crippen LogP contribution is -2.55. The van der Waals surface area contributed by atoms with Crippen molar-refractivity contribution in [3.05, 3.63) is 68.9 Å². The Morgan fingerprint density at radius 1 is 1.23 bits per heavy atom. The molecule has 0 saturated heterocycles. The molecule has 2 amide bonds. The van der Waals surface area contributed by atoms with Gasteiger partial charge >= 0.3 is 0 Å². The van der Waals surface area contributed by atoms with Gasteiger partial charge < -0.3 is 34.9 Å². The first-order valence-corrected chi connectivity index (χ1v) is 15.4. The highest BCUT2D eigenvalue weighted by Gasteiger charge is 2.41. The molecule has 43 heavy (non-hydrogen) atoms. The summed E-state index contributed by atoms with van der Waals surface area (Å²) in [6, 6.07) is 12.4. The van der Waals surface area contributed by atoms with Gasteiger partial charge in [0.1, 0.15) is 18.5 Å². The van der Waals surface area contributed by atoms with E-state index in [9.17, 15) is 24.6 Å². The number of carbonyl (C=O) groups excluding carboxylic acids is 3. The lowest BCUT2D eigenvalue weighted by atomic mass is 9.87. The molecule has 3 unspecified atom stereocenters. The molecular formula is C32H38IN3O7. The van der Waals surface area contributed by atoms with Crippen LogP contribution in [0, 0.1) is 9.49 Å². The van der Waals surface area contributed by atoms with Crippen LogP contribution in [0.2, 0.25) is 0 Å². The molecule has 1 aliphatic carbocycles. The Balaban J connectivity index is 1.69. The molecule has 1 heterocycles. The highest BCUT2D eigenvalue weighted by molar-refractivity contribution is 14.1. The van der Waals surface area contributed by atoms with Crippen molar-refractivity contribution in [3.8, 4) is 11.5 Å². The molecule has 1 aromatic heterocycles. The molecule has 11 heteroatoms. The van der Waals surface area contributed by atoms with Crippen LogP contribution in [0.25, 0.3) is 10.9 Å². The standard InChI is InChI=1S/C32H38IN3O7/c1-19(2)12-29(39)36(10-8-23-15-21-6-4-5-7-25(21)35-23)26-16-22(32(41)34-9-11-37)17-27(30(26)40)43-31-24(33)13-20(18-38)14-28(31)42-3/h4-7,13-15,17-19,26-27,30,35,37,40H,8-12,16H2,1-3H3,(H,34,41). The van der Waals surface area contributed by atoms with E-state index in [4.69, 9.17) is 9.47 Å². The number of hydrogen-bond donors (Lipinski definition) is 4. The summed E-state index contributed by atoms with van der Waals surface area (Å²) in [5.41, 5.74) is 2.68. The number of aromatic nitrogens is 1. The van der Waals surface area contributed by atoms with E-state index >= 15 is 0 Å². The minimum absolute atomic E-state index is 0.0597. The van der Waals surface area contributed by atoms with Crippen LogP contribution in [0.4, 0.5) is 0 Å². The summed E-state index contributed by atoms with van der Waals surface area (Å²) in [4.78, 5) is 43.3. The SMILES string of the molecule is COc1cc(C=O)cc(I)c1OC1C=C(C(=O)NCCO)CC(N(CCc2cc3ccccc3[nH]2)C(=O)CC(C)C)C1O. The number of methoxy groups -OCH3 is 1. The number of benzene rings is 2. The van der Waals surface area contributed by atoms with Crippen molar-refractivity contribution in [2.24, 2.45) is 5.92 Å². The van der Waals surface area contributed by atoms with E-state index in [1.54, 1.807) is 17.0 Å². The predicted molar refractivity (Wildman–Crippen MR) is 171 cm³/mol. The van der Waals surface area contributed by atoms with Crippen LogP contribution in [0.5, 0.6) is 11.5 Å². The minimum atomic E-state index is -1.18. The molecule has 10 nitrogen and oxygen atoms in total. The summed E-state index contributed by atoms with van der Waals surface area (Å²) < 4.78 is 12.4. The predicted octanol–water partition coefficient (Wildman–Crippen LogP) is 3.63. The summed E-state index contributed by atoms with van der Waals surface area (Å²) in [6.45, 7) is 4.06. The van der Waals surface area contributed by atoms with Gasteiger partial charge in [-0.3, -0.25) is 14.4 Å². The van der Waals surface area contributed by atoms with Crippen molar-refractivity contribution in [3.63, 3.8) is 0 Å². The molecular weight excluding hydrogens is 665 g/mol. The zero-order valence-corrected chi connectivity index (χ0v) is 26.7. The number of nitrogens with one attached hydrogen (secondary N) is 2. The maximum atomic E-state index is 13.7. The zero-order chi connectivity index (χ0) is 31.1.